The van der Waals surface area contributed by atoms with E-state index in [0.717, 1.165) is 0 Å². The summed E-state index contributed by atoms with van der Waals surface area (Å²) in [5.41, 5.74) is 4.98. The molecule has 3 N–H and O–H groups in total. The number of nitrogens with one attached hydrogen (secondary N) is 1. The number of hydrogen-bond acceptors (Lipinski definition) is 7. The number of carbonyl (C=O) groups is 3. The molecule has 1 aromatic rings. The zero-order chi connectivity index (χ0) is 19.3. The van der Waals surface area contributed by atoms with Gasteiger partial charge in [0.1, 0.15) is 28.4 Å². The second-order valence-corrected chi connectivity index (χ2v) is 6.53. The monoisotopic (exact) mass is 370 g/mol. The first-order valence-corrected chi connectivity index (χ1v) is 8.62. The number of nitrogens with two attached hydrogens (primary N) is 1. The summed E-state index contributed by atoms with van der Waals surface area (Å²) in [6.45, 7) is 3.42. The Morgan fingerprint density at radius 1 is 1.37 bits per heavy atom. The predicted molar refractivity (Wildman–Crippen MR) is 92.9 cm³/mol. The van der Waals surface area contributed by atoms with Gasteiger partial charge in [-0.3, -0.25) is 4.79 Å². The van der Waals surface area contributed by atoms with Gasteiger partial charge in [-0.2, -0.15) is 0 Å². The molecule has 27 heavy (non-hydrogen) atoms. The van der Waals surface area contributed by atoms with Crippen molar-refractivity contribution in [2.75, 3.05) is 11.9 Å². The van der Waals surface area contributed by atoms with E-state index in [1.54, 1.807) is 38.1 Å². The van der Waals surface area contributed by atoms with Gasteiger partial charge in [0, 0.05) is 17.7 Å². The van der Waals surface area contributed by atoms with Crippen LogP contribution in [0.15, 0.2) is 47.1 Å². The van der Waals surface area contributed by atoms with Crippen molar-refractivity contribution in [1.82, 2.24) is 0 Å². The van der Waals surface area contributed by atoms with Crippen molar-refractivity contribution in [3.05, 3.63) is 52.6 Å². The molecule has 4 rings (SSSR count). The van der Waals surface area contributed by atoms with Gasteiger partial charge in [0.05, 0.1) is 6.61 Å². The zero-order valence-electron chi connectivity index (χ0n) is 14.8. The molecule has 0 radical (unpaired) electrons. The topological polar surface area (TPSA) is 117 Å². The second kappa shape index (κ2) is 5.87. The molecular formula is C19H18N2O6. The first-order chi connectivity index (χ1) is 12.9. The van der Waals surface area contributed by atoms with Gasteiger partial charge in [0.25, 0.3) is 0 Å². The summed E-state index contributed by atoms with van der Waals surface area (Å²) in [6, 6.07) is 6.81. The molecule has 1 aromatic carbocycles. The Labute approximate surface area is 154 Å². The highest BCUT2D eigenvalue weighted by molar-refractivity contribution is 6.21. The number of hydrogen-bond donors (Lipinski definition) is 2. The molecule has 8 heteroatoms. The second-order valence-electron chi connectivity index (χ2n) is 6.53. The SMILES string of the molecule is CCOC(=O)C1=C(N)OC2=C(C(=O)O[C@@H](C)C2)[C@@]12C(=O)Nc1ccccc12. The number of rotatable bonds is 2. The molecule has 1 spiro atoms. The van der Waals surface area contributed by atoms with E-state index in [9.17, 15) is 14.4 Å². The molecule has 3 aliphatic heterocycles. The highest BCUT2D eigenvalue weighted by atomic mass is 16.6. The summed E-state index contributed by atoms with van der Waals surface area (Å²) >= 11 is 0. The highest BCUT2D eigenvalue weighted by Gasteiger charge is 2.63. The molecule has 2 atom stereocenters. The summed E-state index contributed by atoms with van der Waals surface area (Å²) in [5.74, 6) is -2.13. The van der Waals surface area contributed by atoms with Crippen LogP contribution in [-0.2, 0) is 34.0 Å². The lowest BCUT2D eigenvalue weighted by molar-refractivity contribution is -0.149. The van der Waals surface area contributed by atoms with Gasteiger partial charge < -0.3 is 25.3 Å². The van der Waals surface area contributed by atoms with Crippen LogP contribution in [0.5, 0.6) is 0 Å². The number of para-hydroxylation sites is 1. The molecule has 0 fully saturated rings. The van der Waals surface area contributed by atoms with Crippen LogP contribution in [0.3, 0.4) is 0 Å². The Morgan fingerprint density at radius 3 is 2.85 bits per heavy atom. The molecule has 140 valence electrons. The standard InChI is InChI=1S/C19H18N2O6/c1-3-25-16(22)14-15(20)27-12-8-9(2)26-17(23)13(12)19(14)10-6-4-5-7-11(10)21-18(19)24/h4-7,9H,3,8,20H2,1-2H3,(H,21,24)/t9-,19+/m0/s1. The normalized spacial score (nSPS) is 26.2. The average Bonchev–Trinajstić information content (AvgIpc) is 2.87. The van der Waals surface area contributed by atoms with E-state index >= 15 is 0 Å². The Kier molecular flexibility index (Phi) is 3.73. The molecule has 1 amide bonds. The van der Waals surface area contributed by atoms with Crippen molar-refractivity contribution in [3.8, 4) is 0 Å². The van der Waals surface area contributed by atoms with E-state index in [1.165, 1.54) is 0 Å². The van der Waals surface area contributed by atoms with Crippen molar-refractivity contribution in [3.63, 3.8) is 0 Å². The van der Waals surface area contributed by atoms with Gasteiger partial charge in [-0.1, -0.05) is 18.2 Å². The highest BCUT2D eigenvalue weighted by Crippen LogP contribution is 2.53. The van der Waals surface area contributed by atoms with E-state index in [-0.39, 0.29) is 35.8 Å². The summed E-state index contributed by atoms with van der Waals surface area (Å²) in [5, 5.41) is 2.74. The van der Waals surface area contributed by atoms with Crippen LogP contribution in [0.4, 0.5) is 5.69 Å². The maximum Gasteiger partial charge on any atom is 0.341 e. The third-order valence-electron chi connectivity index (χ3n) is 4.89. The number of benzene rings is 1. The fourth-order valence-corrected chi connectivity index (χ4v) is 3.92. The number of ether oxygens (including phenoxy) is 3. The number of fused-ring (bicyclic) bond motifs is 3. The summed E-state index contributed by atoms with van der Waals surface area (Å²) in [6.07, 6.45) is -0.195. The third-order valence-corrected chi connectivity index (χ3v) is 4.89. The molecule has 0 unspecified atom stereocenters. The minimum atomic E-state index is -1.77. The molecule has 8 nitrogen and oxygen atoms in total. The minimum absolute atomic E-state index is 0.0275. The van der Waals surface area contributed by atoms with Gasteiger partial charge in [0.15, 0.2) is 0 Å². The van der Waals surface area contributed by atoms with E-state index in [2.05, 4.69) is 5.32 Å². The number of anilines is 1. The van der Waals surface area contributed by atoms with Crippen LogP contribution in [0.1, 0.15) is 25.8 Å². The van der Waals surface area contributed by atoms with Crippen LogP contribution >= 0.6 is 0 Å². The van der Waals surface area contributed by atoms with Crippen molar-refractivity contribution >= 4 is 23.5 Å². The predicted octanol–water partition coefficient (Wildman–Crippen LogP) is 1.23. The summed E-state index contributed by atoms with van der Waals surface area (Å²) in [4.78, 5) is 38.9. The third kappa shape index (κ3) is 2.19. The largest absolute Gasteiger partial charge is 0.462 e. The number of carbonyl (C=O) groups excluding carboxylic acids is 3. The molecule has 0 saturated carbocycles. The minimum Gasteiger partial charge on any atom is -0.462 e. The van der Waals surface area contributed by atoms with E-state index in [4.69, 9.17) is 19.9 Å². The lowest BCUT2D eigenvalue weighted by atomic mass is 9.67. The maximum absolute atomic E-state index is 13.2. The van der Waals surface area contributed by atoms with Crippen LogP contribution in [0, 0.1) is 0 Å². The van der Waals surface area contributed by atoms with E-state index < -0.39 is 29.4 Å². The van der Waals surface area contributed by atoms with Crippen molar-refractivity contribution < 1.29 is 28.6 Å². The van der Waals surface area contributed by atoms with Crippen LogP contribution in [0.2, 0.25) is 0 Å². The smallest absolute Gasteiger partial charge is 0.341 e. The van der Waals surface area contributed by atoms with Crippen molar-refractivity contribution in [1.29, 1.82) is 0 Å². The number of cyclic esters (lactones) is 1. The number of amides is 1. The summed E-state index contributed by atoms with van der Waals surface area (Å²) < 4.78 is 16.1. The average molecular weight is 370 g/mol. The van der Waals surface area contributed by atoms with Gasteiger partial charge in [-0.25, -0.2) is 9.59 Å². The quantitative estimate of drug-likeness (QED) is 0.752. The fraction of sp³-hybridized carbons (Fsp3) is 0.316. The summed E-state index contributed by atoms with van der Waals surface area (Å²) in [7, 11) is 0. The molecule has 0 bridgehead atoms. The van der Waals surface area contributed by atoms with Gasteiger partial charge >= 0.3 is 11.9 Å². The van der Waals surface area contributed by atoms with Gasteiger partial charge in [0.2, 0.25) is 11.8 Å². The van der Waals surface area contributed by atoms with Gasteiger partial charge in [-0.15, -0.1) is 0 Å². The Morgan fingerprint density at radius 2 is 2.11 bits per heavy atom. The van der Waals surface area contributed by atoms with Crippen molar-refractivity contribution in [2.45, 2.75) is 31.8 Å². The molecular weight excluding hydrogens is 352 g/mol. The Hall–Kier alpha value is -3.29. The molecule has 3 aliphatic rings. The van der Waals surface area contributed by atoms with Crippen LogP contribution < -0.4 is 11.1 Å². The lowest BCUT2D eigenvalue weighted by Crippen LogP contribution is -2.50. The van der Waals surface area contributed by atoms with Crippen LogP contribution in [0.25, 0.3) is 0 Å². The molecule has 0 saturated heterocycles. The Balaban J connectivity index is 2.06. The van der Waals surface area contributed by atoms with Crippen LogP contribution in [-0.4, -0.2) is 30.6 Å². The maximum atomic E-state index is 13.2. The van der Waals surface area contributed by atoms with Crippen molar-refractivity contribution in [2.24, 2.45) is 5.73 Å². The zero-order valence-corrected chi connectivity index (χ0v) is 14.8. The first kappa shape index (κ1) is 17.1. The fourth-order valence-electron chi connectivity index (χ4n) is 3.92. The van der Waals surface area contributed by atoms with Gasteiger partial charge in [-0.05, 0) is 19.9 Å². The van der Waals surface area contributed by atoms with E-state index in [1.807, 2.05) is 0 Å². The Bertz CT molecular complexity index is 947. The molecule has 0 aliphatic carbocycles. The van der Waals surface area contributed by atoms with E-state index in [0.29, 0.717) is 11.3 Å². The molecule has 0 aromatic heterocycles. The lowest BCUT2D eigenvalue weighted by Gasteiger charge is -2.39. The number of esters is 2. The molecule has 3 heterocycles. The first-order valence-electron chi connectivity index (χ1n) is 8.62.